The van der Waals surface area contributed by atoms with Crippen LogP contribution in [-0.2, 0) is 9.53 Å². The normalized spacial score (nSPS) is 27.9. The van der Waals surface area contributed by atoms with Gasteiger partial charge in [-0.25, -0.2) is 5.43 Å². The largest absolute Gasteiger partial charge is 0.492 e. The van der Waals surface area contributed by atoms with Gasteiger partial charge >= 0.3 is 0 Å². The van der Waals surface area contributed by atoms with Gasteiger partial charge in [0.05, 0.1) is 31.5 Å². The number of rotatable bonds is 7. The molecular weight excluding hydrogens is 420 g/mol. The Morgan fingerprint density at radius 3 is 2.61 bits per heavy atom. The molecule has 4 unspecified atom stereocenters. The van der Waals surface area contributed by atoms with Crippen LogP contribution in [-0.4, -0.2) is 69.0 Å². The minimum Gasteiger partial charge on any atom is -0.492 e. The maximum absolute atomic E-state index is 12.6. The lowest BCUT2D eigenvalue weighted by Gasteiger charge is -2.46. The molecule has 3 fully saturated rings. The predicted molar refractivity (Wildman–Crippen MR) is 125 cm³/mol. The molecule has 3 aliphatic rings. The van der Waals surface area contributed by atoms with E-state index in [1.54, 1.807) is 0 Å². The van der Waals surface area contributed by atoms with E-state index in [-0.39, 0.29) is 30.2 Å². The first-order chi connectivity index (χ1) is 16.3. The SMILES string of the molecule is O=C1NNCC2NC(c3ccccc3)NC(Nc3ccc(OCCN4CCOCC4)cc3)C12. The number of nitrogens with one attached hydrogen (secondary N) is 5. The van der Waals surface area contributed by atoms with Crippen LogP contribution in [0.3, 0.4) is 0 Å². The second-order valence-electron chi connectivity index (χ2n) is 8.63. The summed E-state index contributed by atoms with van der Waals surface area (Å²) >= 11 is 0. The Morgan fingerprint density at radius 1 is 1.03 bits per heavy atom. The van der Waals surface area contributed by atoms with E-state index in [1.165, 1.54) is 0 Å². The van der Waals surface area contributed by atoms with Crippen molar-refractivity contribution < 1.29 is 14.3 Å². The van der Waals surface area contributed by atoms with Gasteiger partial charge in [-0.3, -0.25) is 25.8 Å². The van der Waals surface area contributed by atoms with Crippen molar-refractivity contribution in [3.8, 4) is 5.75 Å². The predicted octanol–water partition coefficient (Wildman–Crippen LogP) is 0.646. The monoisotopic (exact) mass is 452 g/mol. The molecule has 9 nitrogen and oxygen atoms in total. The lowest BCUT2D eigenvalue weighted by Crippen LogP contribution is -2.71. The zero-order valence-electron chi connectivity index (χ0n) is 18.6. The third-order valence-electron chi connectivity index (χ3n) is 6.45. The van der Waals surface area contributed by atoms with Gasteiger partial charge in [0.2, 0.25) is 5.91 Å². The van der Waals surface area contributed by atoms with Gasteiger partial charge in [0.25, 0.3) is 0 Å². The number of nitrogens with zero attached hydrogens (tertiary/aromatic N) is 1. The Kier molecular flexibility index (Phi) is 7.03. The quantitative estimate of drug-likeness (QED) is 0.418. The standard InChI is InChI=1S/C24H32N6O3/c31-24-21-20(16-25-29-24)27-22(17-4-2-1-3-5-17)28-23(21)26-18-6-8-19(9-7-18)33-15-12-30-10-13-32-14-11-30/h1-9,20-23,25-28H,10-16H2,(H,29,31). The topological polar surface area (TPSA) is 98.9 Å². The average molecular weight is 453 g/mol. The number of hydrogen-bond acceptors (Lipinski definition) is 8. The van der Waals surface area contributed by atoms with Gasteiger partial charge in [-0.2, -0.15) is 0 Å². The van der Waals surface area contributed by atoms with Gasteiger partial charge < -0.3 is 14.8 Å². The van der Waals surface area contributed by atoms with Crippen LogP contribution in [0.5, 0.6) is 5.75 Å². The molecule has 0 aromatic heterocycles. The summed E-state index contributed by atoms with van der Waals surface area (Å²) in [5.41, 5.74) is 7.84. The first kappa shape index (κ1) is 22.1. The minimum atomic E-state index is -0.254. The highest BCUT2D eigenvalue weighted by Crippen LogP contribution is 2.26. The van der Waals surface area contributed by atoms with Crippen molar-refractivity contribution in [2.24, 2.45) is 5.92 Å². The van der Waals surface area contributed by atoms with Gasteiger partial charge in [0, 0.05) is 37.9 Å². The smallest absolute Gasteiger partial charge is 0.242 e. The summed E-state index contributed by atoms with van der Waals surface area (Å²) in [5.74, 6) is 0.556. The molecule has 0 bridgehead atoms. The van der Waals surface area contributed by atoms with Crippen LogP contribution >= 0.6 is 0 Å². The average Bonchev–Trinajstić information content (AvgIpc) is 2.86. The molecule has 33 heavy (non-hydrogen) atoms. The number of amides is 1. The number of anilines is 1. The molecule has 0 aliphatic carbocycles. The van der Waals surface area contributed by atoms with Crippen molar-refractivity contribution >= 4 is 11.6 Å². The number of hydrazine groups is 1. The van der Waals surface area contributed by atoms with Gasteiger partial charge in [0.15, 0.2) is 0 Å². The summed E-state index contributed by atoms with van der Waals surface area (Å²) in [5, 5.41) is 10.7. The van der Waals surface area contributed by atoms with Crippen molar-refractivity contribution in [3.63, 3.8) is 0 Å². The van der Waals surface area contributed by atoms with Gasteiger partial charge in [0.1, 0.15) is 12.4 Å². The van der Waals surface area contributed by atoms with E-state index in [2.05, 4.69) is 43.8 Å². The number of morpholine rings is 1. The second-order valence-corrected chi connectivity index (χ2v) is 8.63. The zero-order valence-corrected chi connectivity index (χ0v) is 18.6. The van der Waals surface area contributed by atoms with Gasteiger partial charge in [-0.15, -0.1) is 0 Å². The van der Waals surface area contributed by atoms with Crippen LogP contribution < -0.4 is 31.5 Å². The third kappa shape index (κ3) is 5.45. The Morgan fingerprint density at radius 2 is 1.82 bits per heavy atom. The molecule has 4 atom stereocenters. The van der Waals surface area contributed by atoms with Crippen molar-refractivity contribution in [2.75, 3.05) is 51.3 Å². The van der Waals surface area contributed by atoms with Gasteiger partial charge in [-0.1, -0.05) is 30.3 Å². The lowest BCUT2D eigenvalue weighted by molar-refractivity contribution is -0.131. The van der Waals surface area contributed by atoms with E-state index < -0.39 is 0 Å². The lowest BCUT2D eigenvalue weighted by atomic mass is 9.89. The number of benzene rings is 2. The Balaban J connectivity index is 1.22. The number of fused-ring (bicyclic) bond motifs is 1. The van der Waals surface area contributed by atoms with Crippen LogP contribution in [0.1, 0.15) is 11.7 Å². The molecule has 3 saturated heterocycles. The van der Waals surface area contributed by atoms with Crippen LogP contribution in [0.15, 0.2) is 54.6 Å². The highest BCUT2D eigenvalue weighted by molar-refractivity contribution is 5.81. The summed E-state index contributed by atoms with van der Waals surface area (Å²) in [4.78, 5) is 15.0. The molecule has 2 aromatic rings. The maximum atomic E-state index is 12.6. The summed E-state index contributed by atoms with van der Waals surface area (Å²) in [7, 11) is 0. The molecule has 5 rings (SSSR count). The summed E-state index contributed by atoms with van der Waals surface area (Å²) < 4.78 is 11.3. The molecule has 176 valence electrons. The van der Waals surface area contributed by atoms with Crippen molar-refractivity contribution in [2.45, 2.75) is 18.4 Å². The fourth-order valence-electron chi connectivity index (χ4n) is 4.65. The minimum absolute atomic E-state index is 0.00509. The van der Waals surface area contributed by atoms with Crippen LogP contribution in [0, 0.1) is 5.92 Å². The number of carbonyl (C=O) groups excluding carboxylic acids is 1. The molecule has 0 radical (unpaired) electrons. The number of hydrogen-bond donors (Lipinski definition) is 5. The van der Waals surface area contributed by atoms with E-state index in [4.69, 9.17) is 9.47 Å². The highest BCUT2D eigenvalue weighted by atomic mass is 16.5. The Labute approximate surface area is 194 Å². The first-order valence-corrected chi connectivity index (χ1v) is 11.7. The van der Waals surface area contributed by atoms with E-state index in [1.807, 2.05) is 42.5 Å². The summed E-state index contributed by atoms with van der Waals surface area (Å²) in [6.07, 6.45) is -0.280. The fourth-order valence-corrected chi connectivity index (χ4v) is 4.65. The Bertz CT molecular complexity index is 906. The Hall–Kier alpha value is -2.69. The molecule has 0 spiro atoms. The molecule has 3 heterocycles. The zero-order chi connectivity index (χ0) is 22.5. The molecule has 5 N–H and O–H groups in total. The molecule has 1 amide bonds. The van der Waals surface area contributed by atoms with Crippen LogP contribution in [0.25, 0.3) is 0 Å². The number of ether oxygens (including phenoxy) is 2. The second kappa shape index (κ2) is 10.5. The molecule has 0 saturated carbocycles. The van der Waals surface area contributed by atoms with Crippen LogP contribution in [0.4, 0.5) is 5.69 Å². The van der Waals surface area contributed by atoms with E-state index in [0.29, 0.717) is 13.2 Å². The fraction of sp³-hybridized carbons (Fsp3) is 0.458. The third-order valence-corrected chi connectivity index (χ3v) is 6.45. The number of carbonyl (C=O) groups is 1. The maximum Gasteiger partial charge on any atom is 0.242 e. The molecular formula is C24H32N6O3. The molecule has 9 heteroatoms. The summed E-state index contributed by atoms with van der Waals surface area (Å²) in [6.45, 7) is 5.73. The van der Waals surface area contributed by atoms with E-state index in [0.717, 1.165) is 49.8 Å². The van der Waals surface area contributed by atoms with Crippen molar-refractivity contribution in [1.29, 1.82) is 0 Å². The molecule has 3 aliphatic heterocycles. The van der Waals surface area contributed by atoms with Gasteiger partial charge in [-0.05, 0) is 29.8 Å². The van der Waals surface area contributed by atoms with E-state index >= 15 is 0 Å². The van der Waals surface area contributed by atoms with Crippen LogP contribution in [0.2, 0.25) is 0 Å². The molecule has 2 aromatic carbocycles. The van der Waals surface area contributed by atoms with E-state index in [9.17, 15) is 4.79 Å². The highest BCUT2D eigenvalue weighted by Gasteiger charge is 2.43. The van der Waals surface area contributed by atoms with Crippen molar-refractivity contribution in [1.82, 2.24) is 26.4 Å². The first-order valence-electron chi connectivity index (χ1n) is 11.7. The van der Waals surface area contributed by atoms with Crippen molar-refractivity contribution in [3.05, 3.63) is 60.2 Å². The summed E-state index contributed by atoms with van der Waals surface area (Å²) in [6, 6.07) is 18.2.